The lowest BCUT2D eigenvalue weighted by Crippen LogP contribution is -2.17. The maximum atomic E-state index is 12.1. The Morgan fingerprint density at radius 1 is 0.960 bits per heavy atom. The summed E-state index contributed by atoms with van der Waals surface area (Å²) in [6.45, 7) is 3.58. The van der Waals surface area contributed by atoms with Crippen LogP contribution < -0.4 is 5.32 Å². The van der Waals surface area contributed by atoms with E-state index >= 15 is 0 Å². The van der Waals surface area contributed by atoms with Crippen molar-refractivity contribution in [1.82, 2.24) is 0 Å². The zero-order chi connectivity index (χ0) is 18.1. The average molecular weight is 367 g/mol. The highest BCUT2D eigenvalue weighted by Gasteiger charge is 2.25. The Morgan fingerprint density at radius 3 is 2.36 bits per heavy atom. The molecule has 0 aliphatic rings. The number of ether oxygens (including phenoxy) is 1. The number of hydrogen-bond donors (Lipinski definition) is 1. The Bertz CT molecular complexity index is 736. The van der Waals surface area contributed by atoms with Crippen LogP contribution in [0.4, 0.5) is 10.5 Å². The third-order valence-corrected chi connectivity index (χ3v) is 4.81. The van der Waals surface area contributed by atoms with E-state index in [2.05, 4.69) is 5.32 Å². The van der Waals surface area contributed by atoms with E-state index < -0.39 is 13.9 Å². The molecule has 1 N–H and O–H groups in total. The summed E-state index contributed by atoms with van der Waals surface area (Å²) >= 11 is 0. The SMILES string of the molecule is CCOP(=O)(OCC)OCCOC(=O)Nc1cccc2ccccc12. The molecule has 0 bridgehead atoms. The Balaban J connectivity index is 1.83. The average Bonchev–Trinajstić information content (AvgIpc) is 2.60. The number of carbonyl (C=O) groups is 1. The van der Waals surface area contributed by atoms with E-state index in [1.54, 1.807) is 19.9 Å². The van der Waals surface area contributed by atoms with Crippen molar-refractivity contribution < 1.29 is 27.7 Å². The molecule has 0 aliphatic heterocycles. The molecular weight excluding hydrogens is 345 g/mol. The Labute approximate surface area is 146 Å². The van der Waals surface area contributed by atoms with Gasteiger partial charge in [-0.1, -0.05) is 36.4 Å². The predicted octanol–water partition coefficient (Wildman–Crippen LogP) is 4.59. The van der Waals surface area contributed by atoms with Crippen molar-refractivity contribution in [2.45, 2.75) is 13.8 Å². The van der Waals surface area contributed by atoms with E-state index in [0.717, 1.165) is 10.8 Å². The van der Waals surface area contributed by atoms with Crippen LogP contribution in [0.2, 0.25) is 0 Å². The Morgan fingerprint density at radius 2 is 1.64 bits per heavy atom. The monoisotopic (exact) mass is 367 g/mol. The summed E-state index contributed by atoms with van der Waals surface area (Å²) in [5, 5.41) is 4.61. The number of benzene rings is 2. The molecule has 0 spiro atoms. The molecule has 8 heteroatoms. The largest absolute Gasteiger partial charge is 0.474 e. The number of phosphoric ester groups is 1. The van der Waals surface area contributed by atoms with Gasteiger partial charge in [0.2, 0.25) is 0 Å². The summed E-state index contributed by atoms with van der Waals surface area (Å²) < 4.78 is 32.2. The molecule has 0 saturated heterocycles. The number of anilines is 1. The molecule has 25 heavy (non-hydrogen) atoms. The fraction of sp³-hybridized carbons (Fsp3) is 0.353. The first kappa shape index (κ1) is 19.4. The Kier molecular flexibility index (Phi) is 7.40. The van der Waals surface area contributed by atoms with Gasteiger partial charge >= 0.3 is 13.9 Å². The lowest BCUT2D eigenvalue weighted by atomic mass is 10.1. The lowest BCUT2D eigenvalue weighted by Gasteiger charge is -2.16. The van der Waals surface area contributed by atoms with Crippen LogP contribution in [0.15, 0.2) is 42.5 Å². The van der Waals surface area contributed by atoms with Crippen molar-refractivity contribution >= 4 is 30.4 Å². The van der Waals surface area contributed by atoms with E-state index in [9.17, 15) is 9.36 Å². The van der Waals surface area contributed by atoms with Crippen molar-refractivity contribution in [1.29, 1.82) is 0 Å². The summed E-state index contributed by atoms with van der Waals surface area (Å²) in [6.07, 6.45) is -0.623. The number of amides is 1. The van der Waals surface area contributed by atoms with Crippen LogP contribution in [0.3, 0.4) is 0 Å². The maximum absolute atomic E-state index is 12.1. The molecule has 2 aromatic carbocycles. The third-order valence-electron chi connectivity index (χ3n) is 3.17. The second-order valence-electron chi connectivity index (χ2n) is 4.90. The molecular formula is C17H22NO6P. The zero-order valence-electron chi connectivity index (χ0n) is 14.3. The molecule has 0 atom stereocenters. The van der Waals surface area contributed by atoms with Crippen LogP contribution in [0.5, 0.6) is 0 Å². The number of nitrogens with one attached hydrogen (secondary N) is 1. The number of phosphoric acid groups is 1. The minimum absolute atomic E-state index is 0.0826. The summed E-state index contributed by atoms with van der Waals surface area (Å²) in [7, 11) is -3.59. The highest BCUT2D eigenvalue weighted by molar-refractivity contribution is 7.48. The van der Waals surface area contributed by atoms with Gasteiger partial charge in [0.1, 0.15) is 6.61 Å². The second kappa shape index (κ2) is 9.53. The lowest BCUT2D eigenvalue weighted by molar-refractivity contribution is 0.0917. The van der Waals surface area contributed by atoms with Gasteiger partial charge in [-0.05, 0) is 25.3 Å². The van der Waals surface area contributed by atoms with E-state index in [4.69, 9.17) is 18.3 Å². The van der Waals surface area contributed by atoms with Gasteiger partial charge < -0.3 is 4.74 Å². The topological polar surface area (TPSA) is 83.1 Å². The minimum atomic E-state index is -3.59. The molecule has 0 fully saturated rings. The molecule has 0 heterocycles. The second-order valence-corrected chi connectivity index (χ2v) is 6.57. The van der Waals surface area contributed by atoms with Crippen LogP contribution >= 0.6 is 7.82 Å². The standard InChI is InChI=1S/C17H22NO6P/c1-3-22-25(20,23-4-2)24-13-12-21-17(19)18-16-11-7-9-14-8-5-6-10-15(14)16/h5-11H,3-4,12-13H2,1-2H3,(H,18,19). The van der Waals surface area contributed by atoms with Crippen LogP contribution in [-0.2, 0) is 22.9 Å². The quantitative estimate of drug-likeness (QED) is 0.516. The van der Waals surface area contributed by atoms with E-state index in [1.807, 2.05) is 36.4 Å². The Hall–Kier alpha value is -1.92. The number of rotatable bonds is 9. The van der Waals surface area contributed by atoms with Crippen molar-refractivity contribution in [2.75, 3.05) is 31.7 Å². The van der Waals surface area contributed by atoms with Crippen LogP contribution in [0.1, 0.15) is 13.8 Å². The van der Waals surface area contributed by atoms with Crippen LogP contribution in [-0.4, -0.2) is 32.5 Å². The summed E-state index contributed by atoms with van der Waals surface area (Å²) in [6, 6.07) is 13.3. The molecule has 0 aromatic heterocycles. The van der Waals surface area contributed by atoms with Crippen LogP contribution in [0.25, 0.3) is 10.8 Å². The number of carbonyl (C=O) groups excluding carboxylic acids is 1. The van der Waals surface area contributed by atoms with E-state index in [1.165, 1.54) is 0 Å². The minimum Gasteiger partial charge on any atom is -0.447 e. The molecule has 2 rings (SSSR count). The third kappa shape index (κ3) is 5.83. The van der Waals surface area contributed by atoms with Gasteiger partial charge in [0, 0.05) is 5.39 Å². The van der Waals surface area contributed by atoms with Gasteiger partial charge in [0.05, 0.1) is 25.5 Å². The summed E-state index contributed by atoms with van der Waals surface area (Å²) in [5.41, 5.74) is 0.651. The van der Waals surface area contributed by atoms with Crippen LogP contribution in [0, 0.1) is 0 Å². The first-order valence-corrected chi connectivity index (χ1v) is 9.49. The molecule has 0 saturated carbocycles. The zero-order valence-corrected chi connectivity index (χ0v) is 15.2. The van der Waals surface area contributed by atoms with Gasteiger partial charge in [-0.25, -0.2) is 9.36 Å². The highest BCUT2D eigenvalue weighted by atomic mass is 31.2. The normalized spacial score (nSPS) is 11.4. The first-order valence-electron chi connectivity index (χ1n) is 8.03. The van der Waals surface area contributed by atoms with Crippen molar-refractivity contribution in [3.05, 3.63) is 42.5 Å². The van der Waals surface area contributed by atoms with Gasteiger partial charge in [0.25, 0.3) is 0 Å². The van der Waals surface area contributed by atoms with Gasteiger partial charge in [-0.2, -0.15) is 0 Å². The van der Waals surface area contributed by atoms with E-state index in [-0.39, 0.29) is 26.4 Å². The molecule has 136 valence electrons. The predicted molar refractivity (Wildman–Crippen MR) is 95.7 cm³/mol. The van der Waals surface area contributed by atoms with Crippen molar-refractivity contribution in [2.24, 2.45) is 0 Å². The molecule has 0 radical (unpaired) electrons. The fourth-order valence-electron chi connectivity index (χ4n) is 2.19. The highest BCUT2D eigenvalue weighted by Crippen LogP contribution is 2.48. The van der Waals surface area contributed by atoms with E-state index in [0.29, 0.717) is 5.69 Å². The summed E-state index contributed by atoms with van der Waals surface area (Å²) in [4.78, 5) is 11.9. The molecule has 7 nitrogen and oxygen atoms in total. The van der Waals surface area contributed by atoms with Gasteiger partial charge in [-0.3, -0.25) is 18.9 Å². The molecule has 1 amide bonds. The molecule has 0 unspecified atom stereocenters. The smallest absolute Gasteiger partial charge is 0.447 e. The maximum Gasteiger partial charge on any atom is 0.474 e. The van der Waals surface area contributed by atoms with Crippen molar-refractivity contribution in [3.63, 3.8) is 0 Å². The first-order chi connectivity index (χ1) is 12.1. The summed E-state index contributed by atoms with van der Waals surface area (Å²) in [5.74, 6) is 0. The number of hydrogen-bond acceptors (Lipinski definition) is 6. The van der Waals surface area contributed by atoms with Gasteiger partial charge in [0.15, 0.2) is 0 Å². The van der Waals surface area contributed by atoms with Crippen molar-refractivity contribution in [3.8, 4) is 0 Å². The molecule has 0 aliphatic carbocycles. The fourth-order valence-corrected chi connectivity index (χ4v) is 3.35. The van der Waals surface area contributed by atoms with Gasteiger partial charge in [-0.15, -0.1) is 0 Å². The number of fused-ring (bicyclic) bond motifs is 1. The molecule has 2 aromatic rings.